The Bertz CT molecular complexity index is 814. The summed E-state index contributed by atoms with van der Waals surface area (Å²) >= 11 is 0. The van der Waals surface area contributed by atoms with E-state index in [-0.39, 0.29) is 11.7 Å². The summed E-state index contributed by atoms with van der Waals surface area (Å²) in [5.41, 5.74) is 1.48. The van der Waals surface area contributed by atoms with Crippen LogP contribution in [0, 0.1) is 5.82 Å². The quantitative estimate of drug-likeness (QED) is 0.796. The number of carbonyl (C=O) groups excluding carboxylic acids is 1. The van der Waals surface area contributed by atoms with Crippen LogP contribution in [0.3, 0.4) is 0 Å². The SMILES string of the molecule is CN1CCN(C(=O)c2cc(N3CCN(c4ccc(F)cc4)CC3)ncn2)CC1. The highest BCUT2D eigenvalue weighted by Crippen LogP contribution is 2.20. The lowest BCUT2D eigenvalue weighted by Gasteiger charge is -2.37. The summed E-state index contributed by atoms with van der Waals surface area (Å²) in [5.74, 6) is 0.536. The lowest BCUT2D eigenvalue weighted by molar-refractivity contribution is 0.0658. The Labute approximate surface area is 164 Å². The second-order valence-corrected chi connectivity index (χ2v) is 7.31. The molecule has 0 aliphatic carbocycles. The molecule has 1 aromatic carbocycles. The van der Waals surface area contributed by atoms with Gasteiger partial charge in [0, 0.05) is 64.1 Å². The zero-order valence-electron chi connectivity index (χ0n) is 16.1. The molecule has 7 nitrogen and oxygen atoms in total. The van der Waals surface area contributed by atoms with E-state index in [1.54, 1.807) is 6.07 Å². The van der Waals surface area contributed by atoms with Gasteiger partial charge in [-0.15, -0.1) is 0 Å². The van der Waals surface area contributed by atoms with E-state index in [1.165, 1.54) is 18.5 Å². The normalized spacial score (nSPS) is 18.4. The molecule has 0 unspecified atom stereocenters. The molecule has 2 saturated heterocycles. The van der Waals surface area contributed by atoms with Gasteiger partial charge in [0.25, 0.3) is 5.91 Å². The smallest absolute Gasteiger partial charge is 0.272 e. The third-order valence-corrected chi connectivity index (χ3v) is 5.46. The number of anilines is 2. The maximum atomic E-state index is 13.1. The summed E-state index contributed by atoms with van der Waals surface area (Å²) in [6, 6.07) is 8.39. The molecule has 0 spiro atoms. The minimum Gasteiger partial charge on any atom is -0.368 e. The first kappa shape index (κ1) is 18.6. The zero-order chi connectivity index (χ0) is 19.5. The van der Waals surface area contributed by atoms with Crippen LogP contribution in [-0.2, 0) is 0 Å². The van der Waals surface area contributed by atoms with E-state index in [9.17, 15) is 9.18 Å². The highest BCUT2D eigenvalue weighted by molar-refractivity contribution is 5.93. The molecule has 0 bridgehead atoms. The molecule has 8 heteroatoms. The Morgan fingerprint density at radius 2 is 1.54 bits per heavy atom. The van der Waals surface area contributed by atoms with Crippen molar-refractivity contribution in [2.45, 2.75) is 0 Å². The maximum Gasteiger partial charge on any atom is 0.272 e. The van der Waals surface area contributed by atoms with E-state index in [0.29, 0.717) is 5.69 Å². The first-order chi connectivity index (χ1) is 13.6. The number of hydrogen-bond acceptors (Lipinski definition) is 6. The van der Waals surface area contributed by atoms with Crippen LogP contribution >= 0.6 is 0 Å². The maximum absolute atomic E-state index is 13.1. The molecule has 1 amide bonds. The van der Waals surface area contributed by atoms with Crippen LogP contribution in [0.15, 0.2) is 36.7 Å². The summed E-state index contributed by atoms with van der Waals surface area (Å²) in [6.07, 6.45) is 1.48. The van der Waals surface area contributed by atoms with Gasteiger partial charge in [-0.3, -0.25) is 4.79 Å². The van der Waals surface area contributed by atoms with Crippen LogP contribution in [-0.4, -0.2) is 85.1 Å². The summed E-state index contributed by atoms with van der Waals surface area (Å²) in [6.45, 7) is 6.43. The van der Waals surface area contributed by atoms with Crippen molar-refractivity contribution in [1.82, 2.24) is 19.8 Å². The van der Waals surface area contributed by atoms with Crippen molar-refractivity contribution in [3.63, 3.8) is 0 Å². The predicted octanol–water partition coefficient (Wildman–Crippen LogP) is 1.33. The van der Waals surface area contributed by atoms with Gasteiger partial charge in [-0.05, 0) is 31.3 Å². The Morgan fingerprint density at radius 1 is 0.893 bits per heavy atom. The largest absolute Gasteiger partial charge is 0.368 e. The third-order valence-electron chi connectivity index (χ3n) is 5.46. The number of benzene rings is 1. The molecule has 0 saturated carbocycles. The number of carbonyl (C=O) groups is 1. The van der Waals surface area contributed by atoms with Crippen LogP contribution < -0.4 is 9.80 Å². The van der Waals surface area contributed by atoms with Gasteiger partial charge < -0.3 is 19.6 Å². The van der Waals surface area contributed by atoms with E-state index in [4.69, 9.17) is 0 Å². The number of aromatic nitrogens is 2. The van der Waals surface area contributed by atoms with Crippen molar-refractivity contribution < 1.29 is 9.18 Å². The first-order valence-corrected chi connectivity index (χ1v) is 9.65. The number of rotatable bonds is 3. The van der Waals surface area contributed by atoms with E-state index in [0.717, 1.165) is 63.9 Å². The molecule has 28 heavy (non-hydrogen) atoms. The highest BCUT2D eigenvalue weighted by atomic mass is 19.1. The molecule has 1 aromatic heterocycles. The van der Waals surface area contributed by atoms with Crippen LogP contribution in [0.4, 0.5) is 15.9 Å². The molecular formula is C20H25FN6O. The van der Waals surface area contributed by atoms with Gasteiger partial charge in [-0.1, -0.05) is 0 Å². The first-order valence-electron chi connectivity index (χ1n) is 9.65. The number of piperazine rings is 2. The monoisotopic (exact) mass is 384 g/mol. The van der Waals surface area contributed by atoms with Gasteiger partial charge in [0.1, 0.15) is 23.7 Å². The van der Waals surface area contributed by atoms with Crippen LogP contribution in [0.2, 0.25) is 0 Å². The fourth-order valence-corrected chi connectivity index (χ4v) is 3.65. The van der Waals surface area contributed by atoms with Crippen molar-refractivity contribution in [2.75, 3.05) is 69.2 Å². The lowest BCUT2D eigenvalue weighted by Crippen LogP contribution is -2.48. The van der Waals surface area contributed by atoms with Gasteiger partial charge >= 0.3 is 0 Å². The van der Waals surface area contributed by atoms with E-state index in [1.807, 2.05) is 17.0 Å². The average Bonchev–Trinajstić information content (AvgIpc) is 2.75. The summed E-state index contributed by atoms with van der Waals surface area (Å²) in [4.78, 5) is 29.8. The molecule has 2 aromatic rings. The van der Waals surface area contributed by atoms with Crippen LogP contribution in [0.5, 0.6) is 0 Å². The number of amides is 1. The number of nitrogens with zero attached hydrogens (tertiary/aromatic N) is 6. The molecule has 148 valence electrons. The summed E-state index contributed by atoms with van der Waals surface area (Å²) < 4.78 is 13.1. The topological polar surface area (TPSA) is 55.8 Å². The van der Waals surface area contributed by atoms with Crippen molar-refractivity contribution >= 4 is 17.4 Å². The van der Waals surface area contributed by atoms with E-state index >= 15 is 0 Å². The van der Waals surface area contributed by atoms with Crippen molar-refractivity contribution in [3.8, 4) is 0 Å². The molecule has 2 aliphatic rings. The highest BCUT2D eigenvalue weighted by Gasteiger charge is 2.23. The lowest BCUT2D eigenvalue weighted by atomic mass is 10.2. The molecule has 2 fully saturated rings. The molecular weight excluding hydrogens is 359 g/mol. The van der Waals surface area contributed by atoms with Gasteiger partial charge in [0.15, 0.2) is 0 Å². The van der Waals surface area contributed by atoms with Crippen LogP contribution in [0.1, 0.15) is 10.5 Å². The molecule has 0 N–H and O–H groups in total. The fourth-order valence-electron chi connectivity index (χ4n) is 3.65. The van der Waals surface area contributed by atoms with Gasteiger partial charge in [0.2, 0.25) is 0 Å². The number of halogens is 1. The Hall–Kier alpha value is -2.74. The summed E-state index contributed by atoms with van der Waals surface area (Å²) in [5, 5.41) is 0. The third kappa shape index (κ3) is 4.06. The van der Waals surface area contributed by atoms with Crippen LogP contribution in [0.25, 0.3) is 0 Å². The standard InChI is InChI=1S/C20H25FN6O/c1-24-6-8-27(9-7-24)20(28)18-14-19(23-15-22-18)26-12-10-25(11-13-26)17-4-2-16(21)3-5-17/h2-5,14-15H,6-13H2,1H3. The van der Waals surface area contributed by atoms with Gasteiger partial charge in [0.05, 0.1) is 0 Å². The van der Waals surface area contributed by atoms with Crippen molar-refractivity contribution in [1.29, 1.82) is 0 Å². The number of likely N-dealkylation sites (N-methyl/N-ethyl adjacent to an activating group) is 1. The second kappa shape index (κ2) is 8.10. The summed E-state index contributed by atoms with van der Waals surface area (Å²) in [7, 11) is 2.07. The Morgan fingerprint density at radius 3 is 2.21 bits per heavy atom. The van der Waals surface area contributed by atoms with Crippen molar-refractivity contribution in [3.05, 3.63) is 48.2 Å². The predicted molar refractivity (Wildman–Crippen MR) is 106 cm³/mol. The van der Waals surface area contributed by atoms with E-state index in [2.05, 4.69) is 31.7 Å². The Balaban J connectivity index is 1.39. The Kier molecular flexibility index (Phi) is 5.38. The minimum atomic E-state index is -0.221. The molecule has 0 radical (unpaired) electrons. The second-order valence-electron chi connectivity index (χ2n) is 7.31. The number of hydrogen-bond donors (Lipinski definition) is 0. The molecule has 4 rings (SSSR count). The molecule has 2 aliphatic heterocycles. The average molecular weight is 384 g/mol. The van der Waals surface area contributed by atoms with Crippen molar-refractivity contribution in [2.24, 2.45) is 0 Å². The molecule has 3 heterocycles. The zero-order valence-corrected chi connectivity index (χ0v) is 16.1. The fraction of sp³-hybridized carbons (Fsp3) is 0.450. The minimum absolute atomic E-state index is 0.0262. The van der Waals surface area contributed by atoms with E-state index < -0.39 is 0 Å². The molecule has 0 atom stereocenters. The van der Waals surface area contributed by atoms with Gasteiger partial charge in [-0.2, -0.15) is 0 Å². The van der Waals surface area contributed by atoms with Gasteiger partial charge in [-0.25, -0.2) is 14.4 Å².